The maximum absolute atomic E-state index is 14.4. The largest absolute Gasteiger partial charge is 0.369 e. The SMILES string of the molecule is N#CC1(NC(=O)C2CCCCC2c2nc(N3CCCC(F)(F)C3)sc2-c2ccc(N3CCS(=O)(=O)CC3)cc2)CC1. The van der Waals surface area contributed by atoms with Gasteiger partial charge in [0.1, 0.15) is 5.54 Å². The highest BCUT2D eigenvalue weighted by atomic mass is 32.2. The van der Waals surface area contributed by atoms with Gasteiger partial charge in [-0.1, -0.05) is 36.3 Å². The number of rotatable bonds is 6. The Morgan fingerprint density at radius 1 is 1.02 bits per heavy atom. The second kappa shape index (κ2) is 10.8. The third-order valence-corrected chi connectivity index (χ3v) is 11.7. The summed E-state index contributed by atoms with van der Waals surface area (Å²) in [7, 11) is -2.99. The number of hydrogen-bond donors (Lipinski definition) is 1. The second-order valence-corrected chi connectivity index (χ2v) is 15.2. The summed E-state index contributed by atoms with van der Waals surface area (Å²) in [5, 5.41) is 13.1. The van der Waals surface area contributed by atoms with Crippen LogP contribution in [0.4, 0.5) is 19.6 Å². The summed E-state index contributed by atoms with van der Waals surface area (Å²) < 4.78 is 52.5. The van der Waals surface area contributed by atoms with E-state index >= 15 is 0 Å². The number of nitrogens with zero attached hydrogens (tertiary/aromatic N) is 4. The molecule has 12 heteroatoms. The summed E-state index contributed by atoms with van der Waals surface area (Å²) in [6, 6.07) is 10.2. The van der Waals surface area contributed by atoms with Crippen molar-refractivity contribution in [2.24, 2.45) is 5.92 Å². The van der Waals surface area contributed by atoms with Crippen molar-refractivity contribution < 1.29 is 22.0 Å². The van der Waals surface area contributed by atoms with Crippen molar-refractivity contribution in [3.8, 4) is 16.5 Å². The number of nitrogens with one attached hydrogen (secondary N) is 1. The number of halogens is 2. The number of piperidine rings is 1. The molecule has 2 aliphatic heterocycles. The van der Waals surface area contributed by atoms with E-state index in [0.717, 1.165) is 41.1 Å². The third-order valence-electron chi connectivity index (χ3n) is 8.92. The van der Waals surface area contributed by atoms with E-state index in [1.165, 1.54) is 11.3 Å². The summed E-state index contributed by atoms with van der Waals surface area (Å²) in [6.45, 7) is 1.04. The zero-order chi connectivity index (χ0) is 28.8. The molecule has 4 aliphatic rings. The number of carbonyl (C=O) groups is 1. The minimum atomic E-state index is -2.99. The summed E-state index contributed by atoms with van der Waals surface area (Å²) in [6.07, 6.45) is 4.92. The predicted octanol–water partition coefficient (Wildman–Crippen LogP) is 4.73. The van der Waals surface area contributed by atoms with Crippen molar-refractivity contribution in [2.45, 2.75) is 68.7 Å². The summed E-state index contributed by atoms with van der Waals surface area (Å²) in [4.78, 5) is 23.1. The number of hydrogen-bond acceptors (Lipinski definition) is 8. The van der Waals surface area contributed by atoms with Crippen LogP contribution in [0.5, 0.6) is 0 Å². The molecule has 1 N–H and O–H groups in total. The van der Waals surface area contributed by atoms with Crippen molar-refractivity contribution in [1.29, 1.82) is 5.26 Å². The Hall–Kier alpha value is -2.78. The van der Waals surface area contributed by atoms with E-state index in [1.807, 2.05) is 24.3 Å². The first-order chi connectivity index (χ1) is 19.6. The lowest BCUT2D eigenvalue weighted by Crippen LogP contribution is -2.43. The van der Waals surface area contributed by atoms with Gasteiger partial charge < -0.3 is 15.1 Å². The quantitative estimate of drug-likeness (QED) is 0.509. The fraction of sp³-hybridized carbons (Fsp3) is 0.621. The van der Waals surface area contributed by atoms with Gasteiger partial charge in [-0.05, 0) is 49.8 Å². The molecule has 41 heavy (non-hydrogen) atoms. The van der Waals surface area contributed by atoms with Crippen LogP contribution in [-0.4, -0.2) is 68.5 Å². The second-order valence-electron chi connectivity index (χ2n) is 12.0. The van der Waals surface area contributed by atoms with Crippen LogP contribution in [0.15, 0.2) is 24.3 Å². The summed E-state index contributed by atoms with van der Waals surface area (Å²) in [5.41, 5.74) is 1.86. The van der Waals surface area contributed by atoms with Gasteiger partial charge >= 0.3 is 0 Å². The standard InChI is InChI=1S/C29H35F2N5O3S2/c30-29(31)10-3-13-36(19-29)27-33-24(22-4-1-2-5-23(22)26(37)34-28(18-32)11-12-28)25(40-27)20-6-8-21(9-7-20)35-14-16-41(38,39)17-15-35/h6-9,22-23H,1-5,10-17,19H2,(H,34,37). The average molecular weight is 604 g/mol. The van der Waals surface area contributed by atoms with Gasteiger partial charge in [-0.3, -0.25) is 4.79 Å². The number of amides is 1. The fourth-order valence-electron chi connectivity index (χ4n) is 6.33. The van der Waals surface area contributed by atoms with E-state index in [1.54, 1.807) is 4.90 Å². The van der Waals surface area contributed by atoms with Crippen LogP contribution < -0.4 is 15.1 Å². The van der Waals surface area contributed by atoms with Crippen LogP contribution in [0.1, 0.15) is 63.0 Å². The van der Waals surface area contributed by atoms with Gasteiger partial charge in [0.25, 0.3) is 5.92 Å². The zero-order valence-corrected chi connectivity index (χ0v) is 24.6. The Kier molecular flexibility index (Phi) is 7.47. The summed E-state index contributed by atoms with van der Waals surface area (Å²) >= 11 is 1.40. The van der Waals surface area contributed by atoms with E-state index in [9.17, 15) is 27.3 Å². The van der Waals surface area contributed by atoms with E-state index in [0.29, 0.717) is 50.4 Å². The van der Waals surface area contributed by atoms with Gasteiger partial charge in [-0.2, -0.15) is 5.26 Å². The van der Waals surface area contributed by atoms with Crippen LogP contribution in [0.3, 0.4) is 0 Å². The highest BCUT2D eigenvalue weighted by Gasteiger charge is 2.47. The molecule has 1 aromatic carbocycles. The van der Waals surface area contributed by atoms with E-state index in [2.05, 4.69) is 16.3 Å². The molecule has 0 radical (unpaired) electrons. The number of carbonyl (C=O) groups excluding carboxylic acids is 1. The molecule has 1 aromatic heterocycles. The zero-order valence-electron chi connectivity index (χ0n) is 22.9. The lowest BCUT2D eigenvalue weighted by Gasteiger charge is -2.32. The molecule has 0 spiro atoms. The van der Waals surface area contributed by atoms with E-state index in [-0.39, 0.29) is 42.2 Å². The molecular weight excluding hydrogens is 568 g/mol. The number of alkyl halides is 2. The molecule has 2 aliphatic carbocycles. The van der Waals surface area contributed by atoms with Gasteiger partial charge in [0.2, 0.25) is 5.91 Å². The number of aromatic nitrogens is 1. The third kappa shape index (κ3) is 6.07. The van der Waals surface area contributed by atoms with Crippen LogP contribution in [0, 0.1) is 17.2 Å². The van der Waals surface area contributed by atoms with Crippen molar-refractivity contribution in [3.05, 3.63) is 30.0 Å². The van der Waals surface area contributed by atoms with Crippen molar-refractivity contribution in [3.63, 3.8) is 0 Å². The number of thiazole rings is 1. The summed E-state index contributed by atoms with van der Waals surface area (Å²) in [5.74, 6) is -3.12. The number of sulfone groups is 1. The van der Waals surface area contributed by atoms with Gasteiger partial charge in [0, 0.05) is 43.6 Å². The van der Waals surface area contributed by atoms with E-state index in [4.69, 9.17) is 4.98 Å². The molecule has 2 saturated carbocycles. The van der Waals surface area contributed by atoms with Crippen LogP contribution in [0.25, 0.3) is 10.4 Å². The molecule has 2 unspecified atom stereocenters. The number of nitriles is 1. The minimum absolute atomic E-state index is 0.117. The van der Waals surface area contributed by atoms with Crippen molar-refractivity contribution in [1.82, 2.24) is 10.3 Å². The Labute approximate surface area is 243 Å². The molecule has 4 fully saturated rings. The first-order valence-corrected chi connectivity index (χ1v) is 17.1. The van der Waals surface area contributed by atoms with Crippen LogP contribution in [-0.2, 0) is 14.6 Å². The molecule has 6 rings (SSSR count). The van der Waals surface area contributed by atoms with Crippen molar-refractivity contribution in [2.75, 3.05) is 47.5 Å². The highest BCUT2D eigenvalue weighted by Crippen LogP contribution is 2.47. The smallest absolute Gasteiger partial charge is 0.265 e. The van der Waals surface area contributed by atoms with Gasteiger partial charge in [-0.25, -0.2) is 22.2 Å². The normalized spacial score (nSPS) is 26.7. The Morgan fingerprint density at radius 3 is 2.39 bits per heavy atom. The molecule has 1 amide bonds. The monoisotopic (exact) mass is 603 g/mol. The number of benzene rings is 1. The maximum atomic E-state index is 14.4. The van der Waals surface area contributed by atoms with Crippen LogP contribution >= 0.6 is 11.3 Å². The lowest BCUT2D eigenvalue weighted by atomic mass is 9.76. The highest BCUT2D eigenvalue weighted by molar-refractivity contribution is 7.91. The Balaban J connectivity index is 1.33. The van der Waals surface area contributed by atoms with Gasteiger partial charge in [0.15, 0.2) is 15.0 Å². The molecule has 8 nitrogen and oxygen atoms in total. The lowest BCUT2D eigenvalue weighted by molar-refractivity contribution is -0.127. The first-order valence-electron chi connectivity index (χ1n) is 14.5. The first kappa shape index (κ1) is 28.3. The molecule has 3 heterocycles. The molecule has 0 bridgehead atoms. The Bertz CT molecular complexity index is 1440. The number of anilines is 2. The van der Waals surface area contributed by atoms with Gasteiger partial charge in [-0.15, -0.1) is 0 Å². The maximum Gasteiger partial charge on any atom is 0.265 e. The molecular formula is C29H35F2N5O3S2. The Morgan fingerprint density at radius 2 is 1.73 bits per heavy atom. The van der Waals surface area contributed by atoms with Crippen LogP contribution in [0.2, 0.25) is 0 Å². The van der Waals surface area contributed by atoms with Crippen molar-refractivity contribution >= 4 is 37.9 Å². The topological polar surface area (TPSA) is 106 Å². The molecule has 2 aromatic rings. The van der Waals surface area contributed by atoms with Gasteiger partial charge in [0.05, 0.1) is 34.7 Å². The van der Waals surface area contributed by atoms with E-state index < -0.39 is 21.3 Å². The minimum Gasteiger partial charge on any atom is -0.369 e. The molecule has 2 saturated heterocycles. The molecule has 2 atom stereocenters. The average Bonchev–Trinajstić information content (AvgIpc) is 3.59. The molecule has 220 valence electrons. The predicted molar refractivity (Wildman–Crippen MR) is 155 cm³/mol. The fourth-order valence-corrected chi connectivity index (χ4v) is 8.70.